The molecule has 45 heavy (non-hydrogen) atoms. The van der Waals surface area contributed by atoms with Crippen LogP contribution >= 0.6 is 39.1 Å². The van der Waals surface area contributed by atoms with Gasteiger partial charge in [-0.2, -0.15) is 0 Å². The molecule has 3 aromatic heterocycles. The molecule has 14 heteroatoms. The van der Waals surface area contributed by atoms with Crippen molar-refractivity contribution in [2.45, 2.75) is 20.0 Å². The maximum absolute atomic E-state index is 12.9. The Balaban J connectivity index is 1.32. The smallest absolute Gasteiger partial charge is 0.269 e. The molecule has 0 aliphatic heterocycles. The van der Waals surface area contributed by atoms with Gasteiger partial charge in [-0.1, -0.05) is 29.3 Å². The van der Waals surface area contributed by atoms with Gasteiger partial charge in [0.05, 0.1) is 22.9 Å². The van der Waals surface area contributed by atoms with Gasteiger partial charge in [0.25, 0.3) is 5.91 Å². The van der Waals surface area contributed by atoms with Gasteiger partial charge in [0.2, 0.25) is 11.8 Å². The zero-order chi connectivity index (χ0) is 32.5. The molecule has 0 saturated carbocycles. The van der Waals surface area contributed by atoms with Gasteiger partial charge >= 0.3 is 0 Å². The molecule has 0 saturated heterocycles. The zero-order valence-corrected chi connectivity index (χ0v) is 27.9. The van der Waals surface area contributed by atoms with Crippen molar-refractivity contribution in [2.24, 2.45) is 0 Å². The lowest BCUT2D eigenvalue weighted by Crippen LogP contribution is -2.37. The Labute approximate surface area is 278 Å². The number of likely N-dealkylation sites (N-methyl/N-ethyl adjacent to an activating group) is 1. The van der Waals surface area contributed by atoms with Gasteiger partial charge in [0.1, 0.15) is 16.9 Å². The van der Waals surface area contributed by atoms with E-state index in [1.54, 1.807) is 44.5 Å². The number of carbonyl (C=O) groups is 3. The molecule has 0 bridgehead atoms. The highest BCUT2D eigenvalue weighted by molar-refractivity contribution is 9.10. The number of rotatable bonds is 13. The number of anilines is 1. The van der Waals surface area contributed by atoms with Crippen LogP contribution in [0.25, 0.3) is 11.7 Å². The fourth-order valence-electron chi connectivity index (χ4n) is 4.16. The summed E-state index contributed by atoms with van der Waals surface area (Å²) in [6.45, 7) is 2.67. The number of ether oxygens (including phenoxy) is 2. The number of amides is 3. The molecule has 0 aliphatic rings. The highest BCUT2D eigenvalue weighted by Gasteiger charge is 2.20. The summed E-state index contributed by atoms with van der Waals surface area (Å²) in [7, 11) is 3.15. The monoisotopic (exact) mass is 716 g/mol. The molecule has 4 aromatic rings. The Hall–Kier alpha value is -3.97. The Bertz CT molecular complexity index is 1730. The van der Waals surface area contributed by atoms with Crippen LogP contribution in [0.3, 0.4) is 0 Å². The second-order valence-electron chi connectivity index (χ2n) is 9.78. The van der Waals surface area contributed by atoms with Gasteiger partial charge in [0.15, 0.2) is 11.4 Å². The molecule has 0 atom stereocenters. The van der Waals surface area contributed by atoms with Crippen LogP contribution in [-0.4, -0.2) is 65.9 Å². The number of imidazole rings is 1. The predicted octanol–water partition coefficient (Wildman–Crippen LogP) is 5.24. The third kappa shape index (κ3) is 8.60. The average molecular weight is 718 g/mol. The minimum atomic E-state index is -0.483. The van der Waals surface area contributed by atoms with Crippen LogP contribution in [0, 0.1) is 6.92 Å². The highest BCUT2D eigenvalue weighted by Crippen LogP contribution is 2.35. The number of halogens is 3. The van der Waals surface area contributed by atoms with Crippen molar-refractivity contribution in [3.8, 4) is 5.75 Å². The molecule has 0 unspecified atom stereocenters. The Morgan fingerprint density at radius 3 is 2.67 bits per heavy atom. The van der Waals surface area contributed by atoms with Crippen molar-refractivity contribution in [3.05, 3.63) is 92.0 Å². The van der Waals surface area contributed by atoms with E-state index in [1.165, 1.54) is 23.2 Å². The minimum absolute atomic E-state index is 0.0349. The summed E-state index contributed by atoms with van der Waals surface area (Å²) in [4.78, 5) is 47.5. The van der Waals surface area contributed by atoms with Crippen molar-refractivity contribution < 1.29 is 23.9 Å². The van der Waals surface area contributed by atoms with Crippen LogP contribution < -0.4 is 20.3 Å². The average Bonchev–Trinajstić information content (AvgIpc) is 3.34. The second-order valence-corrected chi connectivity index (χ2v) is 11.3. The molecule has 4 rings (SSSR count). The van der Waals surface area contributed by atoms with E-state index >= 15 is 0 Å². The van der Waals surface area contributed by atoms with Crippen LogP contribution in [0.5, 0.6) is 5.75 Å². The minimum Gasteiger partial charge on any atom is -0.485 e. The van der Waals surface area contributed by atoms with Gasteiger partial charge in [-0.25, -0.2) is 4.98 Å². The molecule has 0 aliphatic carbocycles. The number of fused-ring (bicyclic) bond motifs is 1. The predicted molar refractivity (Wildman–Crippen MR) is 177 cm³/mol. The first-order valence-electron chi connectivity index (χ1n) is 13.8. The molecule has 0 fully saturated rings. The van der Waals surface area contributed by atoms with E-state index in [0.717, 1.165) is 10.3 Å². The summed E-state index contributed by atoms with van der Waals surface area (Å²) in [5, 5.41) is 5.94. The van der Waals surface area contributed by atoms with Crippen molar-refractivity contribution in [1.29, 1.82) is 0 Å². The number of hydrogen-bond acceptors (Lipinski definition) is 7. The maximum Gasteiger partial charge on any atom is 0.269 e. The molecule has 3 heterocycles. The number of pyridine rings is 2. The first-order valence-corrected chi connectivity index (χ1v) is 15.3. The van der Waals surface area contributed by atoms with E-state index in [1.807, 2.05) is 23.6 Å². The van der Waals surface area contributed by atoms with E-state index in [-0.39, 0.29) is 29.8 Å². The van der Waals surface area contributed by atoms with E-state index in [0.29, 0.717) is 52.8 Å². The summed E-state index contributed by atoms with van der Waals surface area (Å²) in [5.74, 6) is -0.645. The standard InChI is InChI=1S/C31H31BrCl2N6O5/c1-19-29(32)40-14-4-6-25(30(40)38-19)45-18-21-22(33)9-11-24(28(21)34)39(2)27(42)17-37-26(41)12-8-20-7-10-23(36-16-20)31(43)35-13-5-15-44-3/h4,6-12,14,16H,5,13,15,17-18H2,1-3H3,(H,35,43)(H,37,41). The van der Waals surface area contributed by atoms with Crippen LogP contribution in [0.1, 0.15) is 33.7 Å². The van der Waals surface area contributed by atoms with Gasteiger partial charge < -0.3 is 25.0 Å². The van der Waals surface area contributed by atoms with E-state index < -0.39 is 11.8 Å². The Morgan fingerprint density at radius 2 is 1.93 bits per heavy atom. The molecule has 236 valence electrons. The summed E-state index contributed by atoms with van der Waals surface area (Å²) >= 11 is 16.7. The topological polar surface area (TPSA) is 127 Å². The molecule has 3 amide bonds. The lowest BCUT2D eigenvalue weighted by molar-refractivity contribution is -0.122. The van der Waals surface area contributed by atoms with Gasteiger partial charge in [-0.05, 0) is 71.2 Å². The molecule has 0 radical (unpaired) electrons. The van der Waals surface area contributed by atoms with Gasteiger partial charge in [-0.3, -0.25) is 23.8 Å². The normalized spacial score (nSPS) is 11.2. The lowest BCUT2D eigenvalue weighted by Gasteiger charge is -2.21. The zero-order valence-electron chi connectivity index (χ0n) is 24.8. The summed E-state index contributed by atoms with van der Waals surface area (Å²) in [5.41, 5.74) is 3.22. The van der Waals surface area contributed by atoms with Crippen LogP contribution in [0.2, 0.25) is 10.0 Å². The number of benzene rings is 1. The van der Waals surface area contributed by atoms with Gasteiger partial charge in [0, 0.05) is 56.4 Å². The van der Waals surface area contributed by atoms with Crippen molar-refractivity contribution in [1.82, 2.24) is 25.0 Å². The number of aryl methyl sites for hydroxylation is 1. The third-order valence-corrected chi connectivity index (χ3v) is 8.39. The number of carbonyl (C=O) groups excluding carboxylic acids is 3. The Morgan fingerprint density at radius 1 is 1.13 bits per heavy atom. The molecule has 2 N–H and O–H groups in total. The Kier molecular flexibility index (Phi) is 11.9. The second kappa shape index (κ2) is 15.8. The van der Waals surface area contributed by atoms with Crippen molar-refractivity contribution in [3.63, 3.8) is 0 Å². The molecular weight excluding hydrogens is 687 g/mol. The quantitative estimate of drug-likeness (QED) is 0.143. The van der Waals surface area contributed by atoms with Crippen molar-refractivity contribution in [2.75, 3.05) is 38.8 Å². The SMILES string of the molecule is COCCCNC(=O)c1ccc(C=CC(=O)NCC(=O)N(C)c2ccc(Cl)c(COc3cccn4c(Br)c(C)nc34)c2Cl)cn1. The number of nitrogens with one attached hydrogen (secondary N) is 2. The number of hydrogen-bond donors (Lipinski definition) is 2. The van der Waals surface area contributed by atoms with Crippen molar-refractivity contribution >= 4 is 74.3 Å². The first kappa shape index (κ1) is 33.9. The lowest BCUT2D eigenvalue weighted by atomic mass is 10.2. The van der Waals surface area contributed by atoms with Crippen LogP contribution in [0.4, 0.5) is 5.69 Å². The maximum atomic E-state index is 12.9. The third-order valence-electron chi connectivity index (χ3n) is 6.66. The number of methoxy groups -OCH3 is 1. The van der Waals surface area contributed by atoms with E-state index in [9.17, 15) is 14.4 Å². The van der Waals surface area contributed by atoms with E-state index in [2.05, 4.69) is 36.5 Å². The number of aromatic nitrogens is 3. The summed E-state index contributed by atoms with van der Waals surface area (Å²) in [6, 6.07) is 10.1. The summed E-state index contributed by atoms with van der Waals surface area (Å²) in [6.07, 6.45) is 6.85. The fourth-order valence-corrected chi connectivity index (χ4v) is 5.14. The highest BCUT2D eigenvalue weighted by atomic mass is 79.9. The number of nitrogens with zero attached hydrogens (tertiary/aromatic N) is 4. The van der Waals surface area contributed by atoms with Gasteiger partial charge in [-0.15, -0.1) is 0 Å². The van der Waals surface area contributed by atoms with Crippen LogP contribution in [0.15, 0.2) is 59.5 Å². The molecule has 1 aromatic carbocycles. The fraction of sp³-hybridized carbons (Fsp3) is 0.258. The molecule has 0 spiro atoms. The molecule has 11 nitrogen and oxygen atoms in total. The first-order chi connectivity index (χ1) is 21.6. The summed E-state index contributed by atoms with van der Waals surface area (Å²) < 4.78 is 13.7. The van der Waals surface area contributed by atoms with E-state index in [4.69, 9.17) is 32.7 Å². The largest absolute Gasteiger partial charge is 0.485 e. The molecular formula is C31H31BrCl2N6O5. The van der Waals surface area contributed by atoms with Crippen LogP contribution in [-0.2, 0) is 20.9 Å².